The van der Waals surface area contributed by atoms with E-state index in [1.165, 1.54) is 24.3 Å². The molecular formula is C14H18ClN3O5. The van der Waals surface area contributed by atoms with Crippen molar-refractivity contribution in [2.45, 2.75) is 0 Å². The molecule has 0 atom stereocenters. The first kappa shape index (κ1) is 18.9. The molecule has 0 radical (unpaired) electrons. The number of rotatable bonds is 8. The van der Waals surface area contributed by atoms with Crippen LogP contribution in [0, 0.1) is 10.1 Å². The number of fused-ring (bicyclic) bond motifs is 1. The molecule has 0 saturated heterocycles. The van der Waals surface area contributed by atoms with Crippen molar-refractivity contribution in [2.75, 3.05) is 33.4 Å². The second kappa shape index (κ2) is 9.09. The highest BCUT2D eigenvalue weighted by molar-refractivity contribution is 5.96. The maximum atomic E-state index is 11.9. The average Bonchev–Trinajstić information content (AvgIpc) is 2.93. The summed E-state index contributed by atoms with van der Waals surface area (Å²) in [5.74, 6) is -0.222. The highest BCUT2D eigenvalue weighted by Crippen LogP contribution is 2.24. The van der Waals surface area contributed by atoms with E-state index in [-0.39, 0.29) is 29.8 Å². The Morgan fingerprint density at radius 2 is 2.09 bits per heavy atom. The number of furan rings is 1. The molecule has 1 aromatic carbocycles. The zero-order valence-electron chi connectivity index (χ0n) is 12.5. The SMILES string of the molecule is COCCNCCNC(=O)c1cc2cc([N+](=O)[O-])ccc2o1.Cl. The molecule has 0 aliphatic rings. The first-order chi connectivity index (χ1) is 10.6. The number of amides is 1. The Balaban J connectivity index is 0.00000264. The summed E-state index contributed by atoms with van der Waals surface area (Å²) in [7, 11) is 1.62. The summed E-state index contributed by atoms with van der Waals surface area (Å²) in [6, 6.07) is 5.70. The fourth-order valence-corrected chi connectivity index (χ4v) is 1.91. The molecule has 9 heteroatoms. The zero-order chi connectivity index (χ0) is 15.9. The second-order valence-electron chi connectivity index (χ2n) is 4.59. The van der Waals surface area contributed by atoms with Crippen LogP contribution < -0.4 is 10.6 Å². The van der Waals surface area contributed by atoms with Crippen molar-refractivity contribution in [3.63, 3.8) is 0 Å². The van der Waals surface area contributed by atoms with Gasteiger partial charge in [-0.3, -0.25) is 14.9 Å². The Bertz CT molecular complexity index is 673. The summed E-state index contributed by atoms with van der Waals surface area (Å²) in [5.41, 5.74) is 0.400. The second-order valence-corrected chi connectivity index (χ2v) is 4.59. The first-order valence-electron chi connectivity index (χ1n) is 6.77. The fraction of sp³-hybridized carbons (Fsp3) is 0.357. The lowest BCUT2D eigenvalue weighted by Gasteiger charge is -2.04. The zero-order valence-corrected chi connectivity index (χ0v) is 13.4. The summed E-state index contributed by atoms with van der Waals surface area (Å²) in [6.07, 6.45) is 0. The number of non-ortho nitro benzene ring substituents is 1. The maximum absolute atomic E-state index is 11.9. The largest absolute Gasteiger partial charge is 0.451 e. The van der Waals surface area contributed by atoms with E-state index in [1.54, 1.807) is 7.11 Å². The van der Waals surface area contributed by atoms with E-state index in [2.05, 4.69) is 10.6 Å². The molecule has 1 amide bonds. The van der Waals surface area contributed by atoms with Crippen LogP contribution in [0.3, 0.4) is 0 Å². The van der Waals surface area contributed by atoms with Crippen molar-refractivity contribution in [2.24, 2.45) is 0 Å². The van der Waals surface area contributed by atoms with Gasteiger partial charge in [0.05, 0.1) is 11.5 Å². The van der Waals surface area contributed by atoms with E-state index < -0.39 is 4.92 Å². The summed E-state index contributed by atoms with van der Waals surface area (Å²) < 4.78 is 10.3. The molecule has 8 nitrogen and oxygen atoms in total. The van der Waals surface area contributed by atoms with Crippen LogP contribution >= 0.6 is 12.4 Å². The van der Waals surface area contributed by atoms with Gasteiger partial charge in [0.1, 0.15) is 5.58 Å². The number of halogens is 1. The number of nitro benzene ring substituents is 1. The van der Waals surface area contributed by atoms with E-state index in [4.69, 9.17) is 9.15 Å². The number of nitrogens with zero attached hydrogens (tertiary/aromatic N) is 1. The van der Waals surface area contributed by atoms with Crippen molar-refractivity contribution < 1.29 is 18.9 Å². The Hall–Kier alpha value is -2.16. The Labute approximate surface area is 138 Å². The van der Waals surface area contributed by atoms with Crippen LogP contribution in [0.25, 0.3) is 11.0 Å². The van der Waals surface area contributed by atoms with Crippen molar-refractivity contribution in [3.8, 4) is 0 Å². The Morgan fingerprint density at radius 3 is 2.78 bits per heavy atom. The van der Waals surface area contributed by atoms with E-state index >= 15 is 0 Å². The minimum atomic E-state index is -0.488. The predicted molar refractivity (Wildman–Crippen MR) is 87.2 cm³/mol. The van der Waals surface area contributed by atoms with Gasteiger partial charge in [-0.25, -0.2) is 0 Å². The molecule has 126 valence electrons. The molecule has 1 heterocycles. The van der Waals surface area contributed by atoms with Crippen LogP contribution in [0.15, 0.2) is 28.7 Å². The molecule has 0 unspecified atom stereocenters. The molecule has 2 N–H and O–H groups in total. The number of nitro groups is 1. The summed E-state index contributed by atoms with van der Waals surface area (Å²) in [5, 5.41) is 17.0. The molecule has 0 bridgehead atoms. The number of methoxy groups -OCH3 is 1. The molecule has 0 spiro atoms. The monoisotopic (exact) mass is 343 g/mol. The lowest BCUT2D eigenvalue weighted by molar-refractivity contribution is -0.384. The van der Waals surface area contributed by atoms with Crippen LogP contribution in [0.5, 0.6) is 0 Å². The quantitative estimate of drug-likeness (QED) is 0.429. The molecule has 0 aliphatic carbocycles. The van der Waals surface area contributed by atoms with E-state index in [1.807, 2.05) is 0 Å². The van der Waals surface area contributed by atoms with Gasteiger partial charge in [0.2, 0.25) is 0 Å². The third-order valence-corrected chi connectivity index (χ3v) is 3.00. The number of nitrogens with one attached hydrogen (secondary N) is 2. The summed E-state index contributed by atoms with van der Waals surface area (Å²) >= 11 is 0. The van der Waals surface area contributed by atoms with Gasteiger partial charge in [0.25, 0.3) is 11.6 Å². The van der Waals surface area contributed by atoms with Crippen LogP contribution in [-0.4, -0.2) is 44.2 Å². The van der Waals surface area contributed by atoms with Gasteiger partial charge in [0, 0.05) is 44.3 Å². The number of ether oxygens (including phenoxy) is 1. The van der Waals surface area contributed by atoms with Gasteiger partial charge in [0.15, 0.2) is 5.76 Å². The number of carbonyl (C=O) groups is 1. The predicted octanol–water partition coefficient (Wildman–Crippen LogP) is 1.73. The number of hydrogen-bond acceptors (Lipinski definition) is 6. The smallest absolute Gasteiger partial charge is 0.287 e. The minimum Gasteiger partial charge on any atom is -0.451 e. The highest BCUT2D eigenvalue weighted by Gasteiger charge is 2.14. The molecule has 0 aliphatic heterocycles. The highest BCUT2D eigenvalue weighted by atomic mass is 35.5. The van der Waals surface area contributed by atoms with Crippen LogP contribution in [0.1, 0.15) is 10.6 Å². The van der Waals surface area contributed by atoms with Gasteiger partial charge in [-0.2, -0.15) is 0 Å². The van der Waals surface area contributed by atoms with Crippen LogP contribution in [0.4, 0.5) is 5.69 Å². The Morgan fingerprint density at radius 1 is 1.30 bits per heavy atom. The maximum Gasteiger partial charge on any atom is 0.287 e. The third-order valence-electron chi connectivity index (χ3n) is 3.00. The molecule has 2 rings (SSSR count). The molecule has 0 saturated carbocycles. The van der Waals surface area contributed by atoms with Gasteiger partial charge < -0.3 is 19.8 Å². The molecule has 2 aromatic rings. The molecule has 23 heavy (non-hydrogen) atoms. The average molecular weight is 344 g/mol. The third kappa shape index (κ3) is 5.20. The topological polar surface area (TPSA) is 107 Å². The van der Waals surface area contributed by atoms with Crippen LogP contribution in [-0.2, 0) is 4.74 Å². The van der Waals surface area contributed by atoms with Gasteiger partial charge in [-0.1, -0.05) is 0 Å². The van der Waals surface area contributed by atoms with Crippen molar-refractivity contribution in [3.05, 3.63) is 40.1 Å². The minimum absolute atomic E-state index is 0. The Kier molecular flexibility index (Phi) is 7.46. The molecule has 0 fully saturated rings. The lowest BCUT2D eigenvalue weighted by atomic mass is 10.2. The summed E-state index contributed by atoms with van der Waals surface area (Å²) in [4.78, 5) is 22.2. The summed E-state index contributed by atoms with van der Waals surface area (Å²) in [6.45, 7) is 2.37. The van der Waals surface area contributed by atoms with E-state index in [0.717, 1.165) is 0 Å². The van der Waals surface area contributed by atoms with Gasteiger partial charge in [-0.05, 0) is 12.1 Å². The first-order valence-corrected chi connectivity index (χ1v) is 6.77. The lowest BCUT2D eigenvalue weighted by Crippen LogP contribution is -2.32. The van der Waals surface area contributed by atoms with Crippen molar-refractivity contribution >= 4 is 35.0 Å². The van der Waals surface area contributed by atoms with Crippen molar-refractivity contribution in [1.29, 1.82) is 0 Å². The van der Waals surface area contributed by atoms with Crippen molar-refractivity contribution in [1.82, 2.24) is 10.6 Å². The van der Waals surface area contributed by atoms with Gasteiger partial charge in [-0.15, -0.1) is 12.4 Å². The number of carbonyl (C=O) groups excluding carboxylic acids is 1. The molecule has 1 aromatic heterocycles. The normalized spacial score (nSPS) is 10.3. The van der Waals surface area contributed by atoms with E-state index in [0.29, 0.717) is 37.2 Å². The standard InChI is InChI=1S/C14H17N3O5.ClH/c1-21-7-6-15-4-5-16-14(18)13-9-10-8-11(17(19)20)2-3-12(10)22-13;/h2-3,8-9,15H,4-7H2,1H3,(H,16,18);1H. The van der Waals surface area contributed by atoms with Gasteiger partial charge >= 0.3 is 0 Å². The number of benzene rings is 1. The molecular weight excluding hydrogens is 326 g/mol. The fourth-order valence-electron chi connectivity index (χ4n) is 1.91. The van der Waals surface area contributed by atoms with E-state index in [9.17, 15) is 14.9 Å². The van der Waals surface area contributed by atoms with Crippen LogP contribution in [0.2, 0.25) is 0 Å². The number of hydrogen-bond donors (Lipinski definition) is 2.